The summed E-state index contributed by atoms with van der Waals surface area (Å²) in [7, 11) is 0. The average molecular weight is 142 g/mol. The zero-order valence-corrected chi connectivity index (χ0v) is 6.08. The van der Waals surface area contributed by atoms with E-state index in [9.17, 15) is 0 Å². The summed E-state index contributed by atoms with van der Waals surface area (Å²) in [5.74, 6) is 0. The molecule has 0 saturated heterocycles. The van der Waals surface area contributed by atoms with Crippen LogP contribution in [0, 0.1) is 0 Å². The number of rotatable bonds is 3. The number of aliphatic hydroxyl groups is 2. The van der Waals surface area contributed by atoms with E-state index in [1.165, 1.54) is 5.57 Å². The van der Waals surface area contributed by atoms with Gasteiger partial charge in [0, 0.05) is 6.61 Å². The van der Waals surface area contributed by atoms with Gasteiger partial charge in [0.25, 0.3) is 0 Å². The standard InChI is InChI=1S/C8H14O2/c9-5-1-2-7-3-4-8(10)6-7/h6,8-10H,1-5H2. The molecule has 0 bridgehead atoms. The fourth-order valence-electron chi connectivity index (χ4n) is 1.29. The SMILES string of the molecule is OCCCC1=CC(O)CC1. The number of aliphatic hydroxyl groups excluding tert-OH is 2. The van der Waals surface area contributed by atoms with Crippen LogP contribution in [0.4, 0.5) is 0 Å². The molecule has 2 N–H and O–H groups in total. The van der Waals surface area contributed by atoms with Crippen LogP contribution in [0.15, 0.2) is 11.6 Å². The lowest BCUT2D eigenvalue weighted by Crippen LogP contribution is -1.93. The lowest BCUT2D eigenvalue weighted by atomic mass is 10.1. The van der Waals surface area contributed by atoms with E-state index < -0.39 is 0 Å². The molecule has 1 aliphatic rings. The molecule has 0 aromatic carbocycles. The van der Waals surface area contributed by atoms with Gasteiger partial charge in [-0.15, -0.1) is 0 Å². The minimum Gasteiger partial charge on any atom is -0.396 e. The summed E-state index contributed by atoms with van der Waals surface area (Å²) in [6.45, 7) is 0.257. The van der Waals surface area contributed by atoms with Gasteiger partial charge >= 0.3 is 0 Å². The van der Waals surface area contributed by atoms with Gasteiger partial charge in [0.05, 0.1) is 6.10 Å². The Bertz CT molecular complexity index is 129. The van der Waals surface area contributed by atoms with E-state index in [1.807, 2.05) is 6.08 Å². The first-order valence-electron chi connectivity index (χ1n) is 3.81. The third-order valence-electron chi connectivity index (χ3n) is 1.85. The minimum atomic E-state index is -0.214. The fraction of sp³-hybridized carbons (Fsp3) is 0.750. The molecule has 0 amide bonds. The molecule has 0 heterocycles. The normalized spacial score (nSPS) is 25.0. The maximum Gasteiger partial charge on any atom is 0.0726 e. The van der Waals surface area contributed by atoms with Crippen LogP contribution in [0.3, 0.4) is 0 Å². The Labute approximate surface area is 61.2 Å². The third-order valence-corrected chi connectivity index (χ3v) is 1.85. The molecule has 1 rings (SSSR count). The van der Waals surface area contributed by atoms with Crippen molar-refractivity contribution in [1.82, 2.24) is 0 Å². The van der Waals surface area contributed by atoms with E-state index in [0.29, 0.717) is 0 Å². The lowest BCUT2D eigenvalue weighted by molar-refractivity contribution is 0.223. The zero-order chi connectivity index (χ0) is 7.40. The molecule has 58 valence electrons. The molecule has 2 heteroatoms. The molecule has 2 nitrogen and oxygen atoms in total. The van der Waals surface area contributed by atoms with E-state index in [0.717, 1.165) is 25.7 Å². The van der Waals surface area contributed by atoms with E-state index in [2.05, 4.69) is 0 Å². The Kier molecular flexibility index (Phi) is 2.90. The summed E-state index contributed by atoms with van der Waals surface area (Å²) in [5.41, 5.74) is 1.31. The van der Waals surface area contributed by atoms with Crippen molar-refractivity contribution in [3.8, 4) is 0 Å². The highest BCUT2D eigenvalue weighted by Crippen LogP contribution is 2.21. The first-order valence-corrected chi connectivity index (χ1v) is 3.81. The predicted molar refractivity (Wildman–Crippen MR) is 39.6 cm³/mol. The summed E-state index contributed by atoms with van der Waals surface area (Å²) < 4.78 is 0. The monoisotopic (exact) mass is 142 g/mol. The average Bonchev–Trinajstić information content (AvgIpc) is 2.31. The number of allylic oxidation sites excluding steroid dienone is 1. The van der Waals surface area contributed by atoms with Crippen molar-refractivity contribution in [3.05, 3.63) is 11.6 Å². The summed E-state index contributed by atoms with van der Waals surface area (Å²) in [4.78, 5) is 0. The molecule has 1 unspecified atom stereocenters. The van der Waals surface area contributed by atoms with Gasteiger partial charge in [-0.2, -0.15) is 0 Å². The Morgan fingerprint density at radius 3 is 2.90 bits per heavy atom. The van der Waals surface area contributed by atoms with Crippen molar-refractivity contribution in [3.63, 3.8) is 0 Å². The van der Waals surface area contributed by atoms with Crippen LogP contribution >= 0.6 is 0 Å². The van der Waals surface area contributed by atoms with Crippen LogP contribution in [-0.2, 0) is 0 Å². The zero-order valence-electron chi connectivity index (χ0n) is 6.08. The molecule has 0 saturated carbocycles. The predicted octanol–water partition coefficient (Wildman–Crippen LogP) is 0.840. The lowest BCUT2D eigenvalue weighted by Gasteiger charge is -1.96. The van der Waals surface area contributed by atoms with Gasteiger partial charge in [0.1, 0.15) is 0 Å². The highest BCUT2D eigenvalue weighted by atomic mass is 16.3. The third kappa shape index (κ3) is 2.12. The molecule has 0 aliphatic heterocycles. The van der Waals surface area contributed by atoms with Crippen molar-refractivity contribution in [2.24, 2.45) is 0 Å². The van der Waals surface area contributed by atoms with Gasteiger partial charge in [0.15, 0.2) is 0 Å². The van der Waals surface area contributed by atoms with Crippen molar-refractivity contribution in [2.75, 3.05) is 6.61 Å². The maximum absolute atomic E-state index is 9.06. The van der Waals surface area contributed by atoms with Crippen molar-refractivity contribution >= 4 is 0 Å². The molecule has 1 atom stereocenters. The first kappa shape index (κ1) is 7.76. The van der Waals surface area contributed by atoms with Gasteiger partial charge < -0.3 is 10.2 Å². The van der Waals surface area contributed by atoms with Crippen molar-refractivity contribution in [1.29, 1.82) is 0 Å². The van der Waals surface area contributed by atoms with Crippen LogP contribution in [-0.4, -0.2) is 22.9 Å². The Morgan fingerprint density at radius 2 is 2.40 bits per heavy atom. The Hall–Kier alpha value is -0.340. The van der Waals surface area contributed by atoms with Crippen molar-refractivity contribution < 1.29 is 10.2 Å². The molecular formula is C8H14O2. The van der Waals surface area contributed by atoms with Gasteiger partial charge in [-0.25, -0.2) is 0 Å². The number of hydrogen-bond donors (Lipinski definition) is 2. The van der Waals surface area contributed by atoms with E-state index >= 15 is 0 Å². The van der Waals surface area contributed by atoms with Crippen molar-refractivity contribution in [2.45, 2.75) is 31.8 Å². The van der Waals surface area contributed by atoms with Crippen LogP contribution in [0.2, 0.25) is 0 Å². The molecule has 0 spiro atoms. The summed E-state index contributed by atoms with van der Waals surface area (Å²) in [6, 6.07) is 0. The number of hydrogen-bond acceptors (Lipinski definition) is 2. The maximum atomic E-state index is 9.06. The molecule has 0 fully saturated rings. The molecule has 1 aliphatic carbocycles. The van der Waals surface area contributed by atoms with Crippen LogP contribution in [0.25, 0.3) is 0 Å². The molecule has 0 radical (unpaired) electrons. The van der Waals surface area contributed by atoms with Crippen LogP contribution in [0.1, 0.15) is 25.7 Å². The second-order valence-electron chi connectivity index (χ2n) is 2.76. The Balaban J connectivity index is 2.22. The molecular weight excluding hydrogens is 128 g/mol. The highest BCUT2D eigenvalue weighted by molar-refractivity contribution is 5.11. The quantitative estimate of drug-likeness (QED) is 0.573. The van der Waals surface area contributed by atoms with Gasteiger partial charge in [-0.3, -0.25) is 0 Å². The van der Waals surface area contributed by atoms with E-state index in [-0.39, 0.29) is 12.7 Å². The largest absolute Gasteiger partial charge is 0.396 e. The van der Waals surface area contributed by atoms with E-state index in [4.69, 9.17) is 10.2 Å². The van der Waals surface area contributed by atoms with Gasteiger partial charge in [-0.1, -0.05) is 11.6 Å². The smallest absolute Gasteiger partial charge is 0.0726 e. The van der Waals surface area contributed by atoms with Crippen LogP contribution < -0.4 is 0 Å². The van der Waals surface area contributed by atoms with Gasteiger partial charge in [-0.05, 0) is 25.7 Å². The summed E-state index contributed by atoms with van der Waals surface area (Å²) in [5, 5.41) is 17.6. The van der Waals surface area contributed by atoms with Gasteiger partial charge in [0.2, 0.25) is 0 Å². The first-order chi connectivity index (χ1) is 4.83. The molecule has 0 aromatic heterocycles. The topological polar surface area (TPSA) is 40.5 Å². The van der Waals surface area contributed by atoms with Crippen LogP contribution in [0.5, 0.6) is 0 Å². The Morgan fingerprint density at radius 1 is 1.60 bits per heavy atom. The molecule has 10 heavy (non-hydrogen) atoms. The second kappa shape index (κ2) is 3.74. The fourth-order valence-corrected chi connectivity index (χ4v) is 1.29. The second-order valence-corrected chi connectivity index (χ2v) is 2.76. The minimum absolute atomic E-state index is 0.214. The summed E-state index contributed by atoms with van der Waals surface area (Å²) in [6.07, 6.45) is 5.37. The summed E-state index contributed by atoms with van der Waals surface area (Å²) >= 11 is 0. The highest BCUT2D eigenvalue weighted by Gasteiger charge is 2.11. The molecule has 0 aromatic rings. The van der Waals surface area contributed by atoms with E-state index in [1.54, 1.807) is 0 Å².